The van der Waals surface area contributed by atoms with Crippen LogP contribution in [0.4, 0.5) is 0 Å². The van der Waals surface area contributed by atoms with Crippen LogP contribution in [0.1, 0.15) is 89.0 Å². The van der Waals surface area contributed by atoms with E-state index >= 15 is 0 Å². The SMILES string of the molecule is [2H]c1c(OC([2H])([2H])[2H])c(OC)c([2H])c2c1C([2H])([2H])C([2H])([2H])N1C([2H])([2H])C([2H])(CC(C)C)C(OC(=O)[C@@]([2H])(N)C([2H])(C([2H])([2H])[2H])C([2H])([2H])[2H])C([2H])([2H])C21[2H]. The Labute approximate surface area is 213 Å². The van der Waals surface area contributed by atoms with E-state index in [1.54, 1.807) is 0 Å². The minimum Gasteiger partial charge on any atom is -0.493 e. The van der Waals surface area contributed by atoms with Crippen molar-refractivity contribution < 1.29 is 50.5 Å². The highest BCUT2D eigenvalue weighted by molar-refractivity contribution is 5.76. The maximum Gasteiger partial charge on any atom is 0.323 e. The first-order chi connectivity index (χ1) is 23.2. The summed E-state index contributed by atoms with van der Waals surface area (Å²) in [6, 6.07) is -10.8. The Hall–Kier alpha value is -1.79. The van der Waals surface area contributed by atoms with E-state index < -0.39 is 129 Å². The van der Waals surface area contributed by atoms with Crippen molar-refractivity contribution in [1.82, 2.24) is 4.90 Å². The van der Waals surface area contributed by atoms with Crippen molar-refractivity contribution in [3.05, 3.63) is 23.2 Å². The zero-order valence-electron chi connectivity index (χ0n) is 39.5. The molecular weight excluding hydrogens is 380 g/mol. The molecule has 2 aliphatic rings. The molecule has 4 atom stereocenters. The van der Waals surface area contributed by atoms with Gasteiger partial charge in [0.25, 0.3) is 0 Å². The quantitative estimate of drug-likeness (QED) is 0.652. The first-order valence-corrected chi connectivity index (χ1v) is 8.87. The van der Waals surface area contributed by atoms with Crippen molar-refractivity contribution in [2.75, 3.05) is 27.1 Å². The molecule has 6 nitrogen and oxygen atoms in total. The second-order valence-corrected chi connectivity index (χ2v) is 6.84. The number of rotatable bonds is 7. The molecule has 1 aromatic carbocycles. The van der Waals surface area contributed by atoms with Crippen LogP contribution >= 0.6 is 0 Å². The Morgan fingerprint density at radius 3 is 2.87 bits per heavy atom. The van der Waals surface area contributed by atoms with Crippen LogP contribution in [0.5, 0.6) is 11.5 Å². The van der Waals surface area contributed by atoms with E-state index in [1.165, 1.54) is 13.8 Å². The Bertz CT molecular complexity index is 1620. The zero-order valence-corrected chi connectivity index (χ0v) is 16.5. The van der Waals surface area contributed by atoms with Gasteiger partial charge in [-0.3, -0.25) is 9.69 Å². The maximum atomic E-state index is 13.8. The van der Waals surface area contributed by atoms with Gasteiger partial charge in [0.2, 0.25) is 0 Å². The average Bonchev–Trinajstić information content (AvgIpc) is 2.92. The van der Waals surface area contributed by atoms with Gasteiger partial charge >= 0.3 is 5.97 Å². The first kappa shape index (κ1) is 7.38. The van der Waals surface area contributed by atoms with E-state index in [4.69, 9.17) is 43.2 Å². The summed E-state index contributed by atoms with van der Waals surface area (Å²) in [7, 11) is -2.60. The second-order valence-electron chi connectivity index (χ2n) is 6.84. The van der Waals surface area contributed by atoms with Gasteiger partial charge in [-0.15, -0.1) is 0 Å². The summed E-state index contributed by atoms with van der Waals surface area (Å²) in [4.78, 5) is 13.4. The highest BCUT2D eigenvalue weighted by Crippen LogP contribution is 2.44. The third-order valence-electron chi connectivity index (χ3n) is 4.17. The van der Waals surface area contributed by atoms with E-state index in [9.17, 15) is 13.0 Å². The fourth-order valence-corrected chi connectivity index (χ4v) is 2.83. The molecule has 0 spiro atoms. The van der Waals surface area contributed by atoms with Gasteiger partial charge in [0, 0.05) is 53.2 Å². The Morgan fingerprint density at radius 1 is 1.43 bits per heavy atom. The lowest BCUT2D eigenvalue weighted by atomic mass is 9.79. The lowest BCUT2D eigenvalue weighted by Crippen LogP contribution is -2.51. The van der Waals surface area contributed by atoms with Gasteiger partial charge in [-0.1, -0.05) is 27.6 Å². The number of benzene rings is 1. The van der Waals surface area contributed by atoms with E-state index in [0.29, 0.717) is 0 Å². The van der Waals surface area contributed by atoms with E-state index in [2.05, 4.69) is 0 Å². The fraction of sp³-hybridized carbons (Fsp3) is 0.708. The molecule has 30 heavy (non-hydrogen) atoms. The van der Waals surface area contributed by atoms with Gasteiger partial charge in [0.1, 0.15) is 12.1 Å². The molecule has 2 heterocycles. The highest BCUT2D eigenvalue weighted by atomic mass is 16.5. The molecule has 0 saturated carbocycles. The molecular formula is C24H38N2O4. The van der Waals surface area contributed by atoms with Crippen LogP contribution in [0.15, 0.2) is 12.1 Å². The van der Waals surface area contributed by atoms with Gasteiger partial charge in [-0.2, -0.15) is 0 Å². The van der Waals surface area contributed by atoms with Crippen molar-refractivity contribution in [2.45, 2.75) is 64.9 Å². The van der Waals surface area contributed by atoms with Crippen LogP contribution in [0, 0.1) is 17.7 Å². The van der Waals surface area contributed by atoms with Crippen molar-refractivity contribution >= 4 is 5.97 Å². The van der Waals surface area contributed by atoms with Gasteiger partial charge < -0.3 is 19.9 Å². The molecule has 0 radical (unpaired) electrons. The molecule has 2 aliphatic heterocycles. The summed E-state index contributed by atoms with van der Waals surface area (Å²) in [5, 5.41) is 0. The van der Waals surface area contributed by atoms with Crippen LogP contribution in [0.2, 0.25) is 0 Å². The van der Waals surface area contributed by atoms with Gasteiger partial charge in [-0.25, -0.2) is 0 Å². The van der Waals surface area contributed by atoms with Gasteiger partial charge in [-0.05, 0) is 47.8 Å². The van der Waals surface area contributed by atoms with Crippen LogP contribution in [0.3, 0.4) is 0 Å². The highest BCUT2D eigenvalue weighted by Gasteiger charge is 2.41. The Morgan fingerprint density at radius 2 is 2.20 bits per heavy atom. The van der Waals surface area contributed by atoms with Crippen LogP contribution in [-0.2, 0) is 15.9 Å². The predicted molar refractivity (Wildman–Crippen MR) is 118 cm³/mol. The first-order valence-electron chi connectivity index (χ1n) is 20.4. The van der Waals surface area contributed by atoms with Gasteiger partial charge in [0.05, 0.1) is 23.7 Å². The lowest BCUT2D eigenvalue weighted by molar-refractivity contribution is -0.160. The van der Waals surface area contributed by atoms with Crippen molar-refractivity contribution in [3.63, 3.8) is 0 Å². The summed E-state index contributed by atoms with van der Waals surface area (Å²) in [6.45, 7) is -13.3. The van der Waals surface area contributed by atoms with E-state index in [-0.39, 0.29) is 4.90 Å². The number of nitrogens with zero attached hydrogens (tertiary/aromatic N) is 1. The van der Waals surface area contributed by atoms with Crippen molar-refractivity contribution in [1.29, 1.82) is 0 Å². The third-order valence-corrected chi connectivity index (χ3v) is 4.17. The summed E-state index contributed by atoms with van der Waals surface area (Å²) in [6.07, 6.45) is -11.9. The minimum atomic E-state index is -4.23. The number of hydrogen-bond acceptors (Lipinski definition) is 6. The van der Waals surface area contributed by atoms with E-state index in [1.807, 2.05) is 0 Å². The van der Waals surface area contributed by atoms with Crippen LogP contribution in [0.25, 0.3) is 0 Å². The number of ether oxygens (including phenoxy) is 3. The maximum absolute atomic E-state index is 13.8. The topological polar surface area (TPSA) is 74.0 Å². The van der Waals surface area contributed by atoms with Crippen LogP contribution < -0.4 is 15.2 Å². The normalized spacial score (nSPS) is 50.4. The number of esters is 1. The monoisotopic (exact) mass is 441 g/mol. The summed E-state index contributed by atoms with van der Waals surface area (Å²) in [5.41, 5.74) is 2.89. The van der Waals surface area contributed by atoms with Gasteiger partial charge in [0.15, 0.2) is 11.5 Å². The fourth-order valence-electron chi connectivity index (χ4n) is 2.83. The second kappa shape index (κ2) is 9.56. The number of piperidine rings is 1. The minimum absolute atomic E-state index is 0.355. The largest absolute Gasteiger partial charge is 0.493 e. The molecule has 0 aromatic heterocycles. The molecule has 1 saturated heterocycles. The lowest BCUT2D eigenvalue weighted by Gasteiger charge is -2.47. The van der Waals surface area contributed by atoms with E-state index in [0.717, 1.165) is 7.11 Å². The van der Waals surface area contributed by atoms with Crippen molar-refractivity contribution in [3.8, 4) is 11.5 Å². The standard InChI is InChI=1S/C24H38N2O4/c1-14(2)9-17-13-26-8-7-16-10-21(28-5)22(29-6)11-18(16)19(26)12-20(17)30-24(27)23(25)15(3)4/h10-11,14-15,17,19-20,23H,7-9,12-13,25H2,1-6H3/t17?,19?,20?,23-/m0/s1/i3D3,4D3,5D3,7D2,8D2,10D,11D,12D2,13D2,15D,17D,19D,23D. The molecule has 3 rings (SSSR count). The molecule has 6 heteroatoms. The zero-order chi connectivity index (χ0) is 42.1. The number of nitrogens with two attached hydrogens (primary N) is 1. The third kappa shape index (κ3) is 4.75. The average molecular weight is 442 g/mol. The smallest absolute Gasteiger partial charge is 0.323 e. The van der Waals surface area contributed by atoms with Crippen molar-refractivity contribution in [2.24, 2.45) is 23.4 Å². The molecule has 0 bridgehead atoms. The number of methoxy groups -OCH3 is 2. The molecule has 0 aliphatic carbocycles. The predicted octanol–water partition coefficient (Wildman–Crippen LogP) is 3.56. The molecule has 168 valence electrons. The number of fused-ring (bicyclic) bond motifs is 3. The Balaban J connectivity index is 2.61. The van der Waals surface area contributed by atoms with Crippen LogP contribution in [-0.4, -0.2) is 50.1 Å². The molecule has 1 aromatic rings. The number of carbonyl (C=O) groups is 1. The molecule has 2 N–H and O–H groups in total. The molecule has 0 amide bonds. The molecule has 3 unspecified atom stereocenters. The number of hydrogen-bond donors (Lipinski definition) is 1. The summed E-state index contributed by atoms with van der Waals surface area (Å²) >= 11 is 0. The summed E-state index contributed by atoms with van der Waals surface area (Å²) < 4.78 is 210. The number of carbonyl (C=O) groups excluding carboxylic acids is 1. The molecule has 1 fully saturated rings. The Kier molecular flexibility index (Phi) is 2.35. The summed E-state index contributed by atoms with van der Waals surface area (Å²) in [5.74, 6) is -13.2.